The van der Waals surface area contributed by atoms with E-state index in [9.17, 15) is 4.79 Å². The number of amides is 1. The second-order valence-electron chi connectivity index (χ2n) is 5.94. The van der Waals surface area contributed by atoms with Crippen LogP contribution in [0.25, 0.3) is 0 Å². The number of aromatic hydroxyl groups is 1. The van der Waals surface area contributed by atoms with Crippen molar-refractivity contribution >= 4 is 6.09 Å². The van der Waals surface area contributed by atoms with Crippen LogP contribution < -0.4 is 5.32 Å². The van der Waals surface area contributed by atoms with E-state index in [1.165, 1.54) is 6.20 Å². The van der Waals surface area contributed by atoms with Gasteiger partial charge < -0.3 is 20.1 Å². The molecule has 118 valence electrons. The standard InChI is InChI=1S/C15H25N3O3/c1-15(2,3)21-14(20)18(4)9-5-8-16-10-12-6-7-13(19)11-17-12/h6-7,11,16,19H,5,8-10H2,1-4H3. The van der Waals surface area contributed by atoms with Crippen molar-refractivity contribution in [2.75, 3.05) is 20.1 Å². The monoisotopic (exact) mass is 295 g/mol. The molecule has 0 unspecified atom stereocenters. The normalized spacial score (nSPS) is 11.2. The molecule has 6 nitrogen and oxygen atoms in total. The summed E-state index contributed by atoms with van der Waals surface area (Å²) in [5.74, 6) is 0.165. The van der Waals surface area contributed by atoms with E-state index in [-0.39, 0.29) is 11.8 Å². The van der Waals surface area contributed by atoms with E-state index in [1.54, 1.807) is 24.1 Å². The van der Waals surface area contributed by atoms with Gasteiger partial charge in [0.1, 0.15) is 11.4 Å². The predicted octanol–water partition coefficient (Wildman–Crippen LogP) is 2.13. The lowest BCUT2D eigenvalue weighted by atomic mass is 10.2. The predicted molar refractivity (Wildman–Crippen MR) is 81.1 cm³/mol. The smallest absolute Gasteiger partial charge is 0.410 e. The van der Waals surface area contributed by atoms with Gasteiger partial charge in [-0.1, -0.05) is 0 Å². The Bertz CT molecular complexity index is 440. The van der Waals surface area contributed by atoms with Gasteiger partial charge in [-0.3, -0.25) is 4.98 Å². The third kappa shape index (κ3) is 7.51. The largest absolute Gasteiger partial charge is 0.506 e. The lowest BCUT2D eigenvalue weighted by Gasteiger charge is -2.24. The zero-order chi connectivity index (χ0) is 15.9. The van der Waals surface area contributed by atoms with Crippen LogP contribution in [0.4, 0.5) is 4.79 Å². The number of nitrogens with zero attached hydrogens (tertiary/aromatic N) is 2. The van der Waals surface area contributed by atoms with Gasteiger partial charge in [0, 0.05) is 20.1 Å². The minimum Gasteiger partial charge on any atom is -0.506 e. The zero-order valence-corrected chi connectivity index (χ0v) is 13.2. The molecule has 1 aromatic heterocycles. The third-order valence-corrected chi connectivity index (χ3v) is 2.67. The highest BCUT2D eigenvalue weighted by Gasteiger charge is 2.18. The van der Waals surface area contributed by atoms with Crippen molar-refractivity contribution in [2.24, 2.45) is 0 Å². The average molecular weight is 295 g/mol. The fraction of sp³-hybridized carbons (Fsp3) is 0.600. The van der Waals surface area contributed by atoms with Crippen LogP contribution in [0.15, 0.2) is 18.3 Å². The summed E-state index contributed by atoms with van der Waals surface area (Å²) in [5, 5.41) is 12.4. The van der Waals surface area contributed by atoms with E-state index in [1.807, 2.05) is 20.8 Å². The van der Waals surface area contributed by atoms with Gasteiger partial charge in [0.2, 0.25) is 0 Å². The number of aromatic nitrogens is 1. The number of rotatable bonds is 6. The number of carbonyl (C=O) groups is 1. The Hall–Kier alpha value is -1.82. The van der Waals surface area contributed by atoms with E-state index >= 15 is 0 Å². The minimum atomic E-state index is -0.464. The van der Waals surface area contributed by atoms with Gasteiger partial charge in [0.05, 0.1) is 11.9 Å². The molecule has 21 heavy (non-hydrogen) atoms. The van der Waals surface area contributed by atoms with Crippen LogP contribution in [0, 0.1) is 0 Å². The van der Waals surface area contributed by atoms with Crippen molar-refractivity contribution < 1.29 is 14.6 Å². The van der Waals surface area contributed by atoms with Crippen LogP contribution in [0.5, 0.6) is 5.75 Å². The minimum absolute atomic E-state index is 0.165. The van der Waals surface area contributed by atoms with Crippen molar-refractivity contribution in [1.29, 1.82) is 0 Å². The molecule has 0 aliphatic rings. The van der Waals surface area contributed by atoms with Crippen LogP contribution in [-0.2, 0) is 11.3 Å². The molecular weight excluding hydrogens is 270 g/mol. The highest BCUT2D eigenvalue weighted by atomic mass is 16.6. The molecule has 0 radical (unpaired) electrons. The molecule has 1 amide bonds. The summed E-state index contributed by atoms with van der Waals surface area (Å²) >= 11 is 0. The Kier molecular flexibility index (Phi) is 6.42. The molecule has 1 aromatic rings. The van der Waals surface area contributed by atoms with Crippen molar-refractivity contribution in [1.82, 2.24) is 15.2 Å². The summed E-state index contributed by atoms with van der Waals surface area (Å²) in [6, 6.07) is 3.38. The van der Waals surface area contributed by atoms with E-state index in [4.69, 9.17) is 9.84 Å². The quantitative estimate of drug-likeness (QED) is 0.786. The molecule has 0 aliphatic heterocycles. The number of nitrogens with one attached hydrogen (secondary N) is 1. The Morgan fingerprint density at radius 1 is 1.43 bits per heavy atom. The molecule has 0 saturated carbocycles. The summed E-state index contributed by atoms with van der Waals surface area (Å²) in [6.07, 6.45) is 1.95. The lowest BCUT2D eigenvalue weighted by Crippen LogP contribution is -2.35. The van der Waals surface area contributed by atoms with Gasteiger partial charge in [0.25, 0.3) is 0 Å². The molecule has 0 bridgehead atoms. The molecule has 0 fully saturated rings. The highest BCUT2D eigenvalue weighted by molar-refractivity contribution is 5.67. The molecule has 0 saturated heterocycles. The van der Waals surface area contributed by atoms with E-state index in [0.717, 1.165) is 18.7 Å². The second kappa shape index (κ2) is 7.83. The molecule has 1 heterocycles. The topological polar surface area (TPSA) is 74.7 Å². The van der Waals surface area contributed by atoms with Gasteiger partial charge in [0.15, 0.2) is 0 Å². The van der Waals surface area contributed by atoms with Gasteiger partial charge in [-0.15, -0.1) is 0 Å². The average Bonchev–Trinajstić information content (AvgIpc) is 2.38. The second-order valence-corrected chi connectivity index (χ2v) is 5.94. The number of hydrogen-bond donors (Lipinski definition) is 2. The van der Waals surface area contributed by atoms with E-state index in [2.05, 4.69) is 10.3 Å². The van der Waals surface area contributed by atoms with Crippen LogP contribution in [-0.4, -0.2) is 46.8 Å². The first-order valence-corrected chi connectivity index (χ1v) is 7.06. The molecule has 0 spiro atoms. The zero-order valence-electron chi connectivity index (χ0n) is 13.2. The summed E-state index contributed by atoms with van der Waals surface area (Å²) in [5.41, 5.74) is 0.405. The molecule has 0 aliphatic carbocycles. The van der Waals surface area contributed by atoms with E-state index in [0.29, 0.717) is 13.1 Å². The summed E-state index contributed by atoms with van der Waals surface area (Å²) < 4.78 is 5.27. The Labute approximate surface area is 126 Å². The van der Waals surface area contributed by atoms with Crippen molar-refractivity contribution in [2.45, 2.75) is 39.3 Å². The van der Waals surface area contributed by atoms with Crippen LogP contribution >= 0.6 is 0 Å². The van der Waals surface area contributed by atoms with Crippen LogP contribution in [0.1, 0.15) is 32.9 Å². The maximum absolute atomic E-state index is 11.7. The molecule has 6 heteroatoms. The van der Waals surface area contributed by atoms with Gasteiger partial charge in [-0.05, 0) is 45.9 Å². The SMILES string of the molecule is CN(CCCNCc1ccc(O)cn1)C(=O)OC(C)(C)C. The number of pyridine rings is 1. The van der Waals surface area contributed by atoms with Crippen molar-refractivity contribution in [3.05, 3.63) is 24.0 Å². The Morgan fingerprint density at radius 2 is 2.14 bits per heavy atom. The van der Waals surface area contributed by atoms with E-state index < -0.39 is 5.60 Å². The van der Waals surface area contributed by atoms with Crippen molar-refractivity contribution in [3.8, 4) is 5.75 Å². The highest BCUT2D eigenvalue weighted by Crippen LogP contribution is 2.09. The van der Waals surface area contributed by atoms with Crippen molar-refractivity contribution in [3.63, 3.8) is 0 Å². The summed E-state index contributed by atoms with van der Waals surface area (Å²) in [7, 11) is 1.73. The molecule has 2 N–H and O–H groups in total. The molecular formula is C15H25N3O3. The van der Waals surface area contributed by atoms with Crippen LogP contribution in [0.2, 0.25) is 0 Å². The Balaban J connectivity index is 2.16. The fourth-order valence-corrected chi connectivity index (χ4v) is 1.61. The number of carbonyl (C=O) groups excluding carboxylic acids is 1. The van der Waals surface area contributed by atoms with Gasteiger partial charge in [-0.25, -0.2) is 4.79 Å². The van der Waals surface area contributed by atoms with Crippen LogP contribution in [0.3, 0.4) is 0 Å². The first kappa shape index (κ1) is 17.2. The molecule has 0 atom stereocenters. The first-order chi connectivity index (χ1) is 9.78. The maximum Gasteiger partial charge on any atom is 0.410 e. The van der Waals surface area contributed by atoms with Gasteiger partial charge >= 0.3 is 6.09 Å². The first-order valence-electron chi connectivity index (χ1n) is 7.06. The summed E-state index contributed by atoms with van der Waals surface area (Å²) in [4.78, 5) is 17.4. The Morgan fingerprint density at radius 3 is 2.71 bits per heavy atom. The fourth-order valence-electron chi connectivity index (χ4n) is 1.61. The number of hydrogen-bond acceptors (Lipinski definition) is 5. The number of ether oxygens (including phenoxy) is 1. The maximum atomic E-state index is 11.7. The summed E-state index contributed by atoms with van der Waals surface area (Å²) in [6.45, 7) is 7.60. The lowest BCUT2D eigenvalue weighted by molar-refractivity contribution is 0.0297. The third-order valence-electron chi connectivity index (χ3n) is 2.67. The molecule has 1 rings (SSSR count). The van der Waals surface area contributed by atoms with Gasteiger partial charge in [-0.2, -0.15) is 0 Å². The molecule has 0 aromatic carbocycles.